The summed E-state index contributed by atoms with van der Waals surface area (Å²) in [7, 11) is 2.01. The Hall–Kier alpha value is -3.34. The summed E-state index contributed by atoms with van der Waals surface area (Å²) in [6.07, 6.45) is 5.01. The summed E-state index contributed by atoms with van der Waals surface area (Å²) in [4.78, 5) is 22.2. The number of hydrogen-bond donors (Lipinski definition) is 0. The van der Waals surface area contributed by atoms with Crippen molar-refractivity contribution in [1.29, 1.82) is 0 Å². The van der Waals surface area contributed by atoms with Crippen LogP contribution in [0.2, 0.25) is 0 Å². The fraction of sp³-hybridized carbons (Fsp3) is 0.308. The van der Waals surface area contributed by atoms with E-state index in [1.807, 2.05) is 49.5 Å². The molecule has 0 fully saturated rings. The summed E-state index contributed by atoms with van der Waals surface area (Å²) in [5.41, 5.74) is 3.21. The predicted octanol–water partition coefficient (Wildman–Crippen LogP) is 4.72. The topological polar surface area (TPSA) is 49.1 Å². The first-order valence-electron chi connectivity index (χ1n) is 10.9. The maximum Gasteiger partial charge on any atom is 0.259 e. The van der Waals surface area contributed by atoms with Crippen LogP contribution in [0.4, 0.5) is 5.69 Å². The van der Waals surface area contributed by atoms with Gasteiger partial charge in [0.15, 0.2) is 0 Å². The number of aliphatic imine (C=N–C) groups is 1. The summed E-state index contributed by atoms with van der Waals surface area (Å²) in [5, 5.41) is 0. The first-order valence-corrected chi connectivity index (χ1v) is 10.9. The van der Waals surface area contributed by atoms with Gasteiger partial charge in [-0.1, -0.05) is 49.4 Å². The van der Waals surface area contributed by atoms with Gasteiger partial charge in [-0.2, -0.15) is 0 Å². The Balaban J connectivity index is 1.56. The highest BCUT2D eigenvalue weighted by atomic mass is 16.3. The molecule has 31 heavy (non-hydrogen) atoms. The number of benzene rings is 2. The summed E-state index contributed by atoms with van der Waals surface area (Å²) >= 11 is 0. The molecule has 0 bridgehead atoms. The van der Waals surface area contributed by atoms with Gasteiger partial charge in [-0.25, -0.2) is 9.89 Å². The minimum atomic E-state index is -0.407. The molecule has 1 aliphatic heterocycles. The van der Waals surface area contributed by atoms with E-state index in [2.05, 4.69) is 36.1 Å². The molecule has 1 aliphatic rings. The van der Waals surface area contributed by atoms with Crippen molar-refractivity contribution in [2.75, 3.05) is 18.5 Å². The van der Waals surface area contributed by atoms with Gasteiger partial charge in [0, 0.05) is 26.4 Å². The normalized spacial score (nSPS) is 15.9. The molecule has 2 heterocycles. The van der Waals surface area contributed by atoms with Crippen molar-refractivity contribution in [3.05, 3.63) is 89.9 Å². The van der Waals surface area contributed by atoms with E-state index in [0.29, 0.717) is 6.42 Å². The van der Waals surface area contributed by atoms with Crippen LogP contribution in [-0.4, -0.2) is 36.4 Å². The molecule has 3 aromatic rings. The zero-order valence-electron chi connectivity index (χ0n) is 18.2. The van der Waals surface area contributed by atoms with Gasteiger partial charge in [-0.3, -0.25) is 4.79 Å². The molecule has 1 unspecified atom stereocenters. The highest BCUT2D eigenvalue weighted by molar-refractivity contribution is 6.22. The lowest BCUT2D eigenvalue weighted by Crippen LogP contribution is -2.44. The van der Waals surface area contributed by atoms with E-state index in [1.54, 1.807) is 11.2 Å². The molecule has 1 aromatic heterocycles. The highest BCUT2D eigenvalue weighted by Crippen LogP contribution is 2.26. The van der Waals surface area contributed by atoms with Gasteiger partial charge in [-0.15, -0.1) is 0 Å². The number of rotatable bonds is 8. The highest BCUT2D eigenvalue weighted by Gasteiger charge is 2.37. The van der Waals surface area contributed by atoms with Crippen molar-refractivity contribution in [1.82, 2.24) is 4.90 Å². The van der Waals surface area contributed by atoms with E-state index < -0.39 is 6.04 Å². The van der Waals surface area contributed by atoms with E-state index in [0.717, 1.165) is 48.8 Å². The fourth-order valence-electron chi connectivity index (χ4n) is 3.94. The molecular formula is C26H29N3O2. The number of hydrogen-bond acceptors (Lipinski definition) is 4. The summed E-state index contributed by atoms with van der Waals surface area (Å²) in [6, 6.07) is 21.8. The van der Waals surface area contributed by atoms with E-state index in [4.69, 9.17) is 9.41 Å². The summed E-state index contributed by atoms with van der Waals surface area (Å²) in [6.45, 7) is 2.91. The van der Waals surface area contributed by atoms with E-state index in [-0.39, 0.29) is 5.91 Å². The SMILES string of the molecule is CCc1cccc(N2C(=O)C(Cc3ccccc3)N=C2N(C)CCCc2ccco2)c1. The third-order valence-electron chi connectivity index (χ3n) is 5.66. The Morgan fingerprint density at radius 2 is 1.84 bits per heavy atom. The molecule has 1 amide bonds. The fourth-order valence-corrected chi connectivity index (χ4v) is 3.94. The zero-order valence-corrected chi connectivity index (χ0v) is 18.2. The number of furan rings is 1. The second-order valence-corrected chi connectivity index (χ2v) is 7.94. The van der Waals surface area contributed by atoms with Crippen LogP contribution in [0.15, 0.2) is 82.4 Å². The number of guanidine groups is 1. The molecule has 5 heteroatoms. The van der Waals surface area contributed by atoms with Crippen molar-refractivity contribution in [2.24, 2.45) is 4.99 Å². The Morgan fingerprint density at radius 3 is 2.58 bits per heavy atom. The van der Waals surface area contributed by atoms with Crippen molar-refractivity contribution in [3.8, 4) is 0 Å². The van der Waals surface area contributed by atoms with Crippen LogP contribution in [0, 0.1) is 0 Å². The molecule has 1 atom stereocenters. The van der Waals surface area contributed by atoms with Gasteiger partial charge >= 0.3 is 0 Å². The number of nitrogens with zero attached hydrogens (tertiary/aromatic N) is 3. The Kier molecular flexibility index (Phi) is 6.51. The van der Waals surface area contributed by atoms with E-state index in [1.165, 1.54) is 5.56 Å². The predicted molar refractivity (Wildman–Crippen MR) is 124 cm³/mol. The molecule has 5 nitrogen and oxygen atoms in total. The van der Waals surface area contributed by atoms with Gasteiger partial charge in [0.1, 0.15) is 11.8 Å². The average Bonchev–Trinajstić information content (AvgIpc) is 3.43. The van der Waals surface area contributed by atoms with Crippen LogP contribution in [0.1, 0.15) is 30.2 Å². The first kappa shape index (κ1) is 20.9. The first-order chi connectivity index (χ1) is 15.2. The minimum absolute atomic E-state index is 0.0324. The van der Waals surface area contributed by atoms with Crippen molar-refractivity contribution >= 4 is 17.6 Å². The molecule has 0 aliphatic carbocycles. The summed E-state index contributed by atoms with van der Waals surface area (Å²) in [5.74, 6) is 1.73. The third-order valence-corrected chi connectivity index (χ3v) is 5.66. The van der Waals surface area contributed by atoms with Gasteiger partial charge in [0.05, 0.1) is 12.0 Å². The Bertz CT molecular complexity index is 1030. The van der Waals surface area contributed by atoms with Crippen molar-refractivity contribution in [3.63, 3.8) is 0 Å². The van der Waals surface area contributed by atoms with Crippen LogP contribution >= 0.6 is 0 Å². The molecular weight excluding hydrogens is 386 g/mol. The van der Waals surface area contributed by atoms with Crippen molar-refractivity contribution < 1.29 is 9.21 Å². The molecule has 0 saturated heterocycles. The molecule has 160 valence electrons. The lowest BCUT2D eigenvalue weighted by molar-refractivity contribution is -0.118. The van der Waals surface area contributed by atoms with E-state index in [9.17, 15) is 4.79 Å². The van der Waals surface area contributed by atoms with Gasteiger partial charge in [0.25, 0.3) is 5.91 Å². The maximum atomic E-state index is 13.5. The zero-order chi connectivity index (χ0) is 21.6. The van der Waals surface area contributed by atoms with Crippen LogP contribution in [0.5, 0.6) is 0 Å². The van der Waals surface area contributed by atoms with Crippen LogP contribution in [0.25, 0.3) is 0 Å². The largest absolute Gasteiger partial charge is 0.469 e. The number of amides is 1. The van der Waals surface area contributed by atoms with E-state index >= 15 is 0 Å². The Labute approximate surface area is 184 Å². The molecule has 0 radical (unpaired) electrons. The lowest BCUT2D eigenvalue weighted by Gasteiger charge is -2.27. The smallest absolute Gasteiger partial charge is 0.259 e. The molecule has 2 aromatic carbocycles. The number of carbonyl (C=O) groups is 1. The van der Waals surface area contributed by atoms with Gasteiger partial charge in [0.2, 0.25) is 5.96 Å². The second kappa shape index (κ2) is 9.65. The minimum Gasteiger partial charge on any atom is -0.469 e. The number of anilines is 1. The third kappa shape index (κ3) is 4.88. The number of aryl methyl sites for hydroxylation is 2. The molecule has 0 saturated carbocycles. The average molecular weight is 416 g/mol. The molecule has 4 rings (SSSR count). The monoisotopic (exact) mass is 415 g/mol. The van der Waals surface area contributed by atoms with Crippen molar-refractivity contribution in [2.45, 2.75) is 38.6 Å². The standard InChI is InChI=1S/C26H29N3O2/c1-3-20-12-7-13-22(18-20)29-25(30)24(19-21-10-5-4-6-11-21)27-26(29)28(2)16-8-14-23-15-9-17-31-23/h4-7,9-13,15,17-18,24H,3,8,14,16,19H2,1-2H3. The lowest BCUT2D eigenvalue weighted by atomic mass is 10.1. The van der Waals surface area contributed by atoms with Crippen LogP contribution in [-0.2, 0) is 24.1 Å². The van der Waals surface area contributed by atoms with Crippen LogP contribution in [0.3, 0.4) is 0 Å². The summed E-state index contributed by atoms with van der Waals surface area (Å²) < 4.78 is 5.44. The number of carbonyl (C=O) groups excluding carboxylic acids is 1. The quantitative estimate of drug-likeness (QED) is 0.535. The maximum absolute atomic E-state index is 13.5. The Morgan fingerprint density at radius 1 is 1.03 bits per heavy atom. The molecule has 0 spiro atoms. The second-order valence-electron chi connectivity index (χ2n) is 7.94. The van der Waals surface area contributed by atoms with Gasteiger partial charge < -0.3 is 9.32 Å². The van der Waals surface area contributed by atoms with Gasteiger partial charge in [-0.05, 0) is 48.2 Å². The van der Waals surface area contributed by atoms with Crippen LogP contribution < -0.4 is 4.90 Å². The molecule has 0 N–H and O–H groups in total.